The summed E-state index contributed by atoms with van der Waals surface area (Å²) in [4.78, 5) is 32.3. The maximum absolute atomic E-state index is 13.4. The molecule has 0 aliphatic carbocycles. The van der Waals surface area contributed by atoms with Crippen molar-refractivity contribution in [2.75, 3.05) is 13.1 Å². The lowest BCUT2D eigenvalue weighted by atomic mass is 9.79. The van der Waals surface area contributed by atoms with Crippen molar-refractivity contribution in [3.63, 3.8) is 0 Å². The van der Waals surface area contributed by atoms with Crippen LogP contribution >= 0.6 is 0 Å². The maximum atomic E-state index is 13.4. The van der Waals surface area contributed by atoms with E-state index in [0.717, 1.165) is 16.7 Å². The number of likely N-dealkylation sites (tertiary alicyclic amines) is 1. The van der Waals surface area contributed by atoms with Gasteiger partial charge in [-0.3, -0.25) is 14.6 Å². The van der Waals surface area contributed by atoms with E-state index in [9.17, 15) is 9.59 Å². The molecule has 2 heterocycles. The molecule has 4 rings (SSSR count). The Balaban J connectivity index is 1.61. The van der Waals surface area contributed by atoms with Crippen LogP contribution in [0.15, 0.2) is 73.1 Å². The number of nitrogens with zero attached hydrogens (tertiary/aromatic N) is 2. The highest BCUT2D eigenvalue weighted by Crippen LogP contribution is 2.36. The van der Waals surface area contributed by atoms with Gasteiger partial charge in [0, 0.05) is 37.1 Å². The van der Waals surface area contributed by atoms with Crippen LogP contribution < -0.4 is 5.32 Å². The zero-order chi connectivity index (χ0) is 23.4. The first-order valence-corrected chi connectivity index (χ1v) is 11.5. The molecule has 1 fully saturated rings. The minimum absolute atomic E-state index is 0.0169. The van der Waals surface area contributed by atoms with E-state index in [1.807, 2.05) is 19.9 Å². The lowest BCUT2D eigenvalue weighted by Crippen LogP contribution is -2.47. The smallest absolute Gasteiger partial charge is 0.253 e. The second kappa shape index (κ2) is 9.57. The van der Waals surface area contributed by atoms with Crippen molar-refractivity contribution < 1.29 is 9.59 Å². The predicted molar refractivity (Wildman–Crippen MR) is 131 cm³/mol. The number of aromatic nitrogens is 1. The zero-order valence-corrected chi connectivity index (χ0v) is 19.5. The summed E-state index contributed by atoms with van der Waals surface area (Å²) in [5.41, 5.74) is 4.57. The first-order chi connectivity index (χ1) is 15.9. The van der Waals surface area contributed by atoms with Crippen LogP contribution in [0.4, 0.5) is 0 Å². The molecule has 2 amide bonds. The summed E-state index contributed by atoms with van der Waals surface area (Å²) in [5.74, 6) is -0.0340. The molecule has 1 aliphatic heterocycles. The van der Waals surface area contributed by atoms with Crippen LogP contribution in [0.25, 0.3) is 11.1 Å². The molecular weight excluding hydrogens is 410 g/mol. The summed E-state index contributed by atoms with van der Waals surface area (Å²) in [6.45, 7) is 6.99. The monoisotopic (exact) mass is 441 g/mol. The Morgan fingerprint density at radius 1 is 1.03 bits per heavy atom. The van der Waals surface area contributed by atoms with Gasteiger partial charge in [-0.15, -0.1) is 0 Å². The van der Waals surface area contributed by atoms with Gasteiger partial charge in [-0.25, -0.2) is 0 Å². The van der Waals surface area contributed by atoms with Gasteiger partial charge in [0.15, 0.2) is 0 Å². The molecular formula is C28H31N3O2. The Bertz CT molecular complexity index is 1130. The van der Waals surface area contributed by atoms with E-state index < -0.39 is 5.41 Å². The van der Waals surface area contributed by atoms with Gasteiger partial charge in [0.05, 0.1) is 5.41 Å². The predicted octanol–water partition coefficient (Wildman–Crippen LogP) is 4.66. The third kappa shape index (κ3) is 5.14. The number of hydrogen-bond acceptors (Lipinski definition) is 3. The minimum Gasteiger partial charge on any atom is -0.353 e. The Hall–Kier alpha value is -3.47. The quantitative estimate of drug-likeness (QED) is 0.605. The van der Waals surface area contributed by atoms with E-state index in [1.54, 1.807) is 29.4 Å². The van der Waals surface area contributed by atoms with Crippen LogP contribution in [-0.4, -0.2) is 40.8 Å². The van der Waals surface area contributed by atoms with Crippen molar-refractivity contribution in [2.24, 2.45) is 5.41 Å². The Morgan fingerprint density at radius 2 is 1.76 bits per heavy atom. The SMILES string of the molecule is Cc1ccc(-c2cccc(C[C@]3(C(=O)NC(C)C)CCN(C(=O)c4ccncc4)C3)c2)cc1. The van der Waals surface area contributed by atoms with E-state index in [2.05, 4.69) is 59.7 Å². The first kappa shape index (κ1) is 22.7. The van der Waals surface area contributed by atoms with Crippen LogP contribution in [0.5, 0.6) is 0 Å². The van der Waals surface area contributed by atoms with Gasteiger partial charge < -0.3 is 10.2 Å². The van der Waals surface area contributed by atoms with Gasteiger partial charge in [0.25, 0.3) is 5.91 Å². The second-order valence-corrected chi connectivity index (χ2v) is 9.36. The topological polar surface area (TPSA) is 62.3 Å². The molecule has 5 nitrogen and oxygen atoms in total. The highest BCUT2D eigenvalue weighted by atomic mass is 16.2. The molecule has 33 heavy (non-hydrogen) atoms. The van der Waals surface area contributed by atoms with Crippen molar-refractivity contribution in [2.45, 2.75) is 39.7 Å². The standard InChI is InChI=1S/C28H31N3O2/c1-20(2)30-27(33)28(13-16-31(19-28)26(32)24-11-14-29-15-12-24)18-22-5-4-6-25(17-22)23-9-7-21(3)8-10-23/h4-12,14-15,17,20H,13,16,18-19H2,1-3H3,(H,30,33)/t28-/m1/s1. The lowest BCUT2D eigenvalue weighted by molar-refractivity contribution is -0.130. The highest BCUT2D eigenvalue weighted by Gasteiger charge is 2.46. The fraction of sp³-hybridized carbons (Fsp3) is 0.321. The Morgan fingerprint density at radius 3 is 2.45 bits per heavy atom. The van der Waals surface area contributed by atoms with Crippen molar-refractivity contribution >= 4 is 11.8 Å². The number of nitrogens with one attached hydrogen (secondary N) is 1. The number of amides is 2. The summed E-state index contributed by atoms with van der Waals surface area (Å²) < 4.78 is 0. The fourth-order valence-electron chi connectivity index (χ4n) is 4.55. The highest BCUT2D eigenvalue weighted by molar-refractivity contribution is 5.95. The van der Waals surface area contributed by atoms with Gasteiger partial charge in [-0.05, 0) is 62.4 Å². The number of hydrogen-bond donors (Lipinski definition) is 1. The number of pyridine rings is 1. The molecule has 3 aromatic rings. The molecule has 1 atom stereocenters. The van der Waals surface area contributed by atoms with Crippen LogP contribution in [0.1, 0.15) is 41.8 Å². The molecule has 0 unspecified atom stereocenters. The molecule has 1 N–H and O–H groups in total. The van der Waals surface area contributed by atoms with Crippen LogP contribution in [0, 0.1) is 12.3 Å². The summed E-state index contributed by atoms with van der Waals surface area (Å²) in [7, 11) is 0. The Labute approximate surface area is 195 Å². The molecule has 5 heteroatoms. The molecule has 0 spiro atoms. The summed E-state index contributed by atoms with van der Waals surface area (Å²) in [6, 6.07) is 20.4. The van der Waals surface area contributed by atoms with Gasteiger partial charge in [0.2, 0.25) is 5.91 Å². The first-order valence-electron chi connectivity index (χ1n) is 11.5. The third-order valence-corrected chi connectivity index (χ3v) is 6.32. The summed E-state index contributed by atoms with van der Waals surface area (Å²) in [5, 5.41) is 3.11. The fourth-order valence-corrected chi connectivity index (χ4v) is 4.55. The van der Waals surface area contributed by atoms with Crippen LogP contribution in [0.2, 0.25) is 0 Å². The number of carbonyl (C=O) groups is 2. The normalized spacial score (nSPS) is 17.9. The van der Waals surface area contributed by atoms with E-state index in [1.165, 1.54) is 5.56 Å². The van der Waals surface area contributed by atoms with E-state index >= 15 is 0 Å². The molecule has 0 saturated carbocycles. The average Bonchev–Trinajstić information content (AvgIpc) is 3.25. The molecule has 0 radical (unpaired) electrons. The number of carbonyl (C=O) groups excluding carboxylic acids is 2. The van der Waals surface area contributed by atoms with Crippen LogP contribution in [-0.2, 0) is 11.2 Å². The van der Waals surface area contributed by atoms with E-state index in [0.29, 0.717) is 31.5 Å². The largest absolute Gasteiger partial charge is 0.353 e. The molecule has 1 saturated heterocycles. The van der Waals surface area contributed by atoms with E-state index in [-0.39, 0.29) is 17.9 Å². The third-order valence-electron chi connectivity index (χ3n) is 6.32. The van der Waals surface area contributed by atoms with Gasteiger partial charge in [-0.2, -0.15) is 0 Å². The molecule has 2 aromatic carbocycles. The van der Waals surface area contributed by atoms with Gasteiger partial charge >= 0.3 is 0 Å². The Kier molecular flexibility index (Phi) is 6.59. The summed E-state index contributed by atoms with van der Waals surface area (Å²) in [6.07, 6.45) is 4.47. The van der Waals surface area contributed by atoms with Crippen molar-refractivity contribution in [3.05, 3.63) is 89.7 Å². The lowest BCUT2D eigenvalue weighted by Gasteiger charge is -2.29. The van der Waals surface area contributed by atoms with Gasteiger partial charge in [-0.1, -0.05) is 54.1 Å². The van der Waals surface area contributed by atoms with E-state index in [4.69, 9.17) is 0 Å². The molecule has 0 bridgehead atoms. The maximum Gasteiger partial charge on any atom is 0.253 e. The van der Waals surface area contributed by atoms with Crippen molar-refractivity contribution in [1.29, 1.82) is 0 Å². The second-order valence-electron chi connectivity index (χ2n) is 9.36. The molecule has 170 valence electrons. The minimum atomic E-state index is -0.654. The van der Waals surface area contributed by atoms with Crippen LogP contribution in [0.3, 0.4) is 0 Å². The molecule has 1 aliphatic rings. The number of benzene rings is 2. The average molecular weight is 442 g/mol. The zero-order valence-electron chi connectivity index (χ0n) is 19.5. The van der Waals surface area contributed by atoms with Crippen molar-refractivity contribution in [1.82, 2.24) is 15.2 Å². The van der Waals surface area contributed by atoms with Gasteiger partial charge in [0.1, 0.15) is 0 Å². The summed E-state index contributed by atoms with van der Waals surface area (Å²) >= 11 is 0. The molecule has 1 aromatic heterocycles. The van der Waals surface area contributed by atoms with Crippen molar-refractivity contribution in [3.8, 4) is 11.1 Å². The number of rotatable bonds is 6. The number of aryl methyl sites for hydroxylation is 1.